The van der Waals surface area contributed by atoms with E-state index in [4.69, 9.17) is 25.8 Å². The summed E-state index contributed by atoms with van der Waals surface area (Å²) in [7, 11) is 0.750. The van der Waals surface area contributed by atoms with Gasteiger partial charge in [-0.15, -0.1) is 17.5 Å². The number of carbonyl (C=O) groups excluding carboxylic acids is 2. The minimum atomic E-state index is -0.411. The molecule has 1 aliphatic heterocycles. The van der Waals surface area contributed by atoms with Gasteiger partial charge in [-0.25, -0.2) is 0 Å². The van der Waals surface area contributed by atoms with Crippen LogP contribution in [0.5, 0.6) is 0 Å². The molecule has 4 N–H and O–H groups in total. The zero-order valence-electron chi connectivity index (χ0n) is 22.6. The number of hydrazine groups is 1. The second kappa shape index (κ2) is 26.0. The van der Waals surface area contributed by atoms with Gasteiger partial charge in [0.25, 0.3) is 5.91 Å². The Kier molecular flexibility index (Phi) is 27.2. The van der Waals surface area contributed by atoms with Crippen molar-refractivity contribution in [3.05, 3.63) is 60.7 Å². The predicted molar refractivity (Wildman–Crippen MR) is 146 cm³/mol. The van der Waals surface area contributed by atoms with E-state index in [0.29, 0.717) is 25.7 Å². The first-order valence-corrected chi connectivity index (χ1v) is 11.3. The number of para-hydroxylation sites is 2. The Bertz CT molecular complexity index is 907. The summed E-state index contributed by atoms with van der Waals surface area (Å²) in [6.07, 6.45) is 0.185. The Morgan fingerprint density at radius 2 is 1.53 bits per heavy atom. The first-order valence-electron chi connectivity index (χ1n) is 11.3. The summed E-state index contributed by atoms with van der Waals surface area (Å²) in [4.78, 5) is 22.3. The molecule has 0 atom stereocenters. The van der Waals surface area contributed by atoms with Crippen LogP contribution in [0.4, 0.5) is 11.4 Å². The number of ether oxygens (including phenoxy) is 3. The van der Waals surface area contributed by atoms with Crippen LogP contribution in [0.2, 0.25) is 0 Å². The molecule has 0 aromatic heterocycles. The number of benzene rings is 2. The minimum Gasteiger partial charge on any atom is -0.857 e. The average Bonchev–Trinajstić information content (AvgIpc) is 3.27. The largest absolute Gasteiger partial charge is 1.00 e. The van der Waals surface area contributed by atoms with Gasteiger partial charge in [0.05, 0.1) is 25.5 Å². The van der Waals surface area contributed by atoms with Gasteiger partial charge >= 0.3 is 35.5 Å². The zero-order chi connectivity index (χ0) is 27.2. The number of nitrogens with zero attached hydrogens (tertiary/aromatic N) is 2. The summed E-state index contributed by atoms with van der Waals surface area (Å²) in [6, 6.07) is 18.9. The number of hydrazone groups is 1. The van der Waals surface area contributed by atoms with E-state index in [2.05, 4.69) is 15.3 Å². The van der Waals surface area contributed by atoms with E-state index in [1.54, 1.807) is 13.8 Å². The normalized spacial score (nSPS) is 10.6. The quantitative estimate of drug-likeness (QED) is 0.107. The molecule has 0 saturated carbocycles. The maximum Gasteiger partial charge on any atom is 1.00 e. The zero-order valence-corrected chi connectivity index (χ0v) is 25.5. The molecule has 0 fully saturated rings. The molecule has 1 heterocycles. The molecular formula is C25H37ClN5NaO6. The van der Waals surface area contributed by atoms with Crippen molar-refractivity contribution in [1.29, 1.82) is 5.41 Å². The third-order valence-corrected chi connectivity index (χ3v) is 3.93. The van der Waals surface area contributed by atoms with Crippen LogP contribution in [0.25, 0.3) is 0 Å². The molecule has 0 saturated heterocycles. The van der Waals surface area contributed by atoms with Crippen molar-refractivity contribution < 1.29 is 58.5 Å². The van der Waals surface area contributed by atoms with E-state index in [1.807, 2.05) is 67.6 Å². The fourth-order valence-corrected chi connectivity index (χ4v) is 2.53. The number of nitrogens with one attached hydrogen (secondary N) is 2. The SMILES string of the molecule is CCOC(=N)CC(=O)OCC.CCOC1=NN(c2ccccc2)C(=O)C1.C[O-].Cl.NNc1ccccc1.[Na+]. The van der Waals surface area contributed by atoms with Crippen molar-refractivity contribution in [3.63, 3.8) is 0 Å². The van der Waals surface area contributed by atoms with Gasteiger partial charge in [0.1, 0.15) is 12.8 Å². The van der Waals surface area contributed by atoms with Gasteiger partial charge in [-0.2, -0.15) is 12.1 Å². The molecule has 0 radical (unpaired) electrons. The number of hydrogen-bond acceptors (Lipinski definition) is 10. The van der Waals surface area contributed by atoms with Crippen LogP contribution in [-0.2, 0) is 23.8 Å². The van der Waals surface area contributed by atoms with E-state index in [1.165, 1.54) is 5.01 Å². The van der Waals surface area contributed by atoms with Gasteiger partial charge in [0, 0.05) is 5.69 Å². The fourth-order valence-electron chi connectivity index (χ4n) is 2.53. The van der Waals surface area contributed by atoms with Crippen molar-refractivity contribution >= 4 is 47.5 Å². The summed E-state index contributed by atoms with van der Waals surface area (Å²) in [5, 5.41) is 20.8. The van der Waals surface area contributed by atoms with Crippen LogP contribution < -0.4 is 50.9 Å². The number of hydrogen-bond donors (Lipinski definition) is 3. The van der Waals surface area contributed by atoms with E-state index in [0.717, 1.165) is 18.5 Å². The number of nitrogen functional groups attached to an aromatic ring is 1. The standard InChI is InChI=1S/C11H12N2O2.C7H13NO3.C6H8N2.CH3O.ClH.Na/c1-2-15-10-8-11(14)13(12-10)9-6-4-3-5-7-9;1-3-10-6(8)5-7(9)11-4-2;7-8-6-4-2-1-3-5-6;1-2;;/h3-7H,2,8H2,1H3;8H,3-5H2,1-2H3;1-5,8H,7H2;1H3;1H;/q;;;-1;;+1. The summed E-state index contributed by atoms with van der Waals surface area (Å²) in [5.74, 6) is 5.09. The number of carbonyl (C=O) groups is 2. The molecule has 1 amide bonds. The van der Waals surface area contributed by atoms with Crippen LogP contribution in [-0.4, -0.2) is 50.6 Å². The van der Waals surface area contributed by atoms with Crippen LogP contribution in [0, 0.1) is 5.41 Å². The Labute approximate surface area is 252 Å². The molecule has 11 nitrogen and oxygen atoms in total. The van der Waals surface area contributed by atoms with E-state index in [-0.39, 0.29) is 66.6 Å². The first-order chi connectivity index (χ1) is 17.4. The Balaban J connectivity index is -0.000000476. The van der Waals surface area contributed by atoms with Gasteiger partial charge in [-0.1, -0.05) is 36.4 Å². The second-order valence-corrected chi connectivity index (χ2v) is 6.49. The molecule has 38 heavy (non-hydrogen) atoms. The molecule has 13 heteroatoms. The summed E-state index contributed by atoms with van der Waals surface area (Å²) >= 11 is 0. The van der Waals surface area contributed by atoms with Crippen LogP contribution in [0.1, 0.15) is 33.6 Å². The van der Waals surface area contributed by atoms with Crippen molar-refractivity contribution in [3.8, 4) is 0 Å². The predicted octanol–water partition coefficient (Wildman–Crippen LogP) is 0.101. The molecule has 0 aliphatic carbocycles. The van der Waals surface area contributed by atoms with Crippen molar-refractivity contribution in [1.82, 2.24) is 0 Å². The van der Waals surface area contributed by atoms with E-state index < -0.39 is 5.97 Å². The first kappa shape index (κ1) is 39.8. The van der Waals surface area contributed by atoms with Gasteiger partial charge in [-0.05, 0) is 45.0 Å². The Morgan fingerprint density at radius 1 is 1.00 bits per heavy atom. The molecule has 1 aliphatic rings. The smallest absolute Gasteiger partial charge is 0.857 e. The number of nitrogens with two attached hydrogens (primary N) is 1. The molecular weight excluding hydrogens is 525 g/mol. The third kappa shape index (κ3) is 17.7. The van der Waals surface area contributed by atoms with Gasteiger partial charge in [-0.3, -0.25) is 20.8 Å². The summed E-state index contributed by atoms with van der Waals surface area (Å²) in [6.45, 7) is 6.66. The third-order valence-electron chi connectivity index (χ3n) is 3.93. The maximum absolute atomic E-state index is 11.6. The molecule has 2 aromatic rings. The van der Waals surface area contributed by atoms with E-state index in [9.17, 15) is 9.59 Å². The molecule has 206 valence electrons. The van der Waals surface area contributed by atoms with Crippen molar-refractivity contribution in [2.45, 2.75) is 33.6 Å². The fraction of sp³-hybridized carbons (Fsp3) is 0.360. The van der Waals surface area contributed by atoms with Crippen LogP contribution in [0.3, 0.4) is 0 Å². The number of amides is 1. The second-order valence-electron chi connectivity index (χ2n) is 6.49. The molecule has 0 spiro atoms. The summed E-state index contributed by atoms with van der Waals surface area (Å²) in [5.41, 5.74) is 4.24. The van der Waals surface area contributed by atoms with E-state index >= 15 is 0 Å². The summed E-state index contributed by atoms with van der Waals surface area (Å²) < 4.78 is 14.6. The van der Waals surface area contributed by atoms with Crippen molar-refractivity contribution in [2.24, 2.45) is 10.9 Å². The van der Waals surface area contributed by atoms with Gasteiger partial charge in [0.2, 0.25) is 5.90 Å². The van der Waals surface area contributed by atoms with Crippen LogP contribution in [0.15, 0.2) is 65.8 Å². The average molecular weight is 562 g/mol. The van der Waals surface area contributed by atoms with Crippen LogP contribution >= 0.6 is 12.4 Å². The monoisotopic (exact) mass is 561 g/mol. The number of anilines is 2. The number of halogens is 1. The Morgan fingerprint density at radius 3 is 1.97 bits per heavy atom. The topological polar surface area (TPSA) is 162 Å². The number of rotatable bonds is 7. The minimum absolute atomic E-state index is 0. The molecule has 0 unspecified atom stereocenters. The molecule has 3 rings (SSSR count). The number of esters is 1. The van der Waals surface area contributed by atoms with Gasteiger partial charge in [0.15, 0.2) is 5.90 Å². The van der Waals surface area contributed by atoms with Gasteiger partial charge < -0.3 is 24.7 Å². The van der Waals surface area contributed by atoms with Crippen molar-refractivity contribution in [2.75, 3.05) is 37.4 Å². The molecule has 0 bridgehead atoms. The Hall–Kier alpha value is -2.67. The molecule has 2 aromatic carbocycles. The maximum atomic E-state index is 11.6.